The first-order chi connectivity index (χ1) is 13.4. The number of carbonyl (C=O) groups excluding carboxylic acids is 1. The number of carbonyl (C=O) groups is 2. The van der Waals surface area contributed by atoms with Crippen molar-refractivity contribution in [2.45, 2.75) is 44.9 Å². The molecule has 0 unspecified atom stereocenters. The maximum atomic E-state index is 12.3. The lowest BCUT2D eigenvalue weighted by Gasteiger charge is -2.22. The summed E-state index contributed by atoms with van der Waals surface area (Å²) in [5.74, 6) is -0.372. The molecular formula is C22H24ClNO4. The number of aromatic carboxylic acids is 1. The fraction of sp³-hybridized carbons (Fsp3) is 0.364. The number of nitrogens with one attached hydrogen (secondary N) is 1. The van der Waals surface area contributed by atoms with Crippen LogP contribution in [-0.4, -0.2) is 23.6 Å². The van der Waals surface area contributed by atoms with Crippen LogP contribution in [0.15, 0.2) is 36.4 Å². The third-order valence-corrected chi connectivity index (χ3v) is 5.32. The molecule has 0 heterocycles. The normalized spacial score (nSPS) is 14.5. The van der Waals surface area contributed by atoms with Crippen molar-refractivity contribution in [3.63, 3.8) is 0 Å². The zero-order valence-electron chi connectivity index (χ0n) is 15.8. The van der Waals surface area contributed by atoms with Crippen molar-refractivity contribution in [3.05, 3.63) is 58.1 Å². The number of carboxylic acids is 1. The van der Waals surface area contributed by atoms with Gasteiger partial charge in [0.15, 0.2) is 6.61 Å². The summed E-state index contributed by atoms with van der Waals surface area (Å²) in [6.07, 6.45) is 6.19. The molecule has 5 nitrogen and oxygen atoms in total. The molecule has 28 heavy (non-hydrogen) atoms. The first kappa shape index (κ1) is 20.2. The van der Waals surface area contributed by atoms with Crippen molar-refractivity contribution < 1.29 is 19.4 Å². The molecule has 2 aromatic rings. The molecule has 0 spiro atoms. The number of ether oxygens (including phenoxy) is 1. The van der Waals surface area contributed by atoms with Crippen LogP contribution in [-0.2, 0) is 4.79 Å². The van der Waals surface area contributed by atoms with Crippen molar-refractivity contribution in [1.82, 2.24) is 0 Å². The molecule has 1 saturated carbocycles. The predicted molar refractivity (Wildman–Crippen MR) is 110 cm³/mol. The van der Waals surface area contributed by atoms with Crippen LogP contribution in [0.25, 0.3) is 0 Å². The van der Waals surface area contributed by atoms with Gasteiger partial charge in [-0.05, 0) is 61.1 Å². The van der Waals surface area contributed by atoms with E-state index in [1.54, 1.807) is 13.0 Å². The molecule has 1 aliphatic rings. The third kappa shape index (κ3) is 5.04. The van der Waals surface area contributed by atoms with Crippen LogP contribution in [0.4, 0.5) is 5.69 Å². The number of carboxylic acid groups (broad SMARTS) is 1. The van der Waals surface area contributed by atoms with Gasteiger partial charge in [-0.25, -0.2) is 4.79 Å². The van der Waals surface area contributed by atoms with E-state index in [2.05, 4.69) is 11.4 Å². The highest BCUT2D eigenvalue weighted by Gasteiger charge is 2.18. The van der Waals surface area contributed by atoms with E-state index in [1.807, 2.05) is 18.2 Å². The first-order valence-electron chi connectivity index (χ1n) is 9.50. The van der Waals surface area contributed by atoms with E-state index >= 15 is 0 Å². The van der Waals surface area contributed by atoms with E-state index in [0.717, 1.165) is 0 Å². The van der Waals surface area contributed by atoms with Gasteiger partial charge in [-0.15, -0.1) is 0 Å². The molecule has 1 aliphatic carbocycles. The van der Waals surface area contributed by atoms with Crippen LogP contribution in [0.5, 0.6) is 5.75 Å². The molecule has 6 heteroatoms. The van der Waals surface area contributed by atoms with Crippen molar-refractivity contribution in [2.24, 2.45) is 0 Å². The maximum Gasteiger partial charge on any atom is 0.337 e. The number of benzene rings is 2. The van der Waals surface area contributed by atoms with Gasteiger partial charge in [-0.2, -0.15) is 0 Å². The van der Waals surface area contributed by atoms with Gasteiger partial charge in [0.2, 0.25) is 0 Å². The standard InChI is InChI=1S/C22H24ClNO4/c1-14-10-17(23)12-19(22(26)27)21(14)24-20(25)13-28-18-9-5-8-16(11-18)15-6-3-2-4-7-15/h5,8-12,15H,2-4,6-7,13H2,1H3,(H,24,25)(H,26,27). The van der Waals surface area contributed by atoms with Gasteiger partial charge in [0, 0.05) is 5.02 Å². The van der Waals surface area contributed by atoms with Crippen LogP contribution in [0, 0.1) is 6.92 Å². The number of rotatable bonds is 6. The van der Waals surface area contributed by atoms with E-state index in [0.29, 0.717) is 22.3 Å². The zero-order chi connectivity index (χ0) is 20.1. The SMILES string of the molecule is Cc1cc(Cl)cc(C(=O)O)c1NC(=O)COc1cccc(C2CCCCC2)c1. The van der Waals surface area contributed by atoms with Gasteiger partial charge < -0.3 is 15.2 Å². The van der Waals surface area contributed by atoms with Gasteiger partial charge in [0.1, 0.15) is 5.75 Å². The van der Waals surface area contributed by atoms with E-state index < -0.39 is 11.9 Å². The van der Waals surface area contributed by atoms with Gasteiger partial charge in [-0.3, -0.25) is 4.79 Å². The van der Waals surface area contributed by atoms with Crippen LogP contribution >= 0.6 is 11.6 Å². The smallest absolute Gasteiger partial charge is 0.337 e. The second-order valence-corrected chi connectivity index (χ2v) is 7.63. The second kappa shape index (κ2) is 9.11. The Kier molecular flexibility index (Phi) is 6.57. The molecule has 0 saturated heterocycles. The second-order valence-electron chi connectivity index (χ2n) is 7.19. The van der Waals surface area contributed by atoms with Crippen LogP contribution < -0.4 is 10.1 Å². The number of amides is 1. The van der Waals surface area contributed by atoms with Crippen LogP contribution in [0.3, 0.4) is 0 Å². The summed E-state index contributed by atoms with van der Waals surface area (Å²) in [7, 11) is 0. The predicted octanol–water partition coefficient (Wildman–Crippen LogP) is 5.41. The Hall–Kier alpha value is -2.53. The number of hydrogen-bond acceptors (Lipinski definition) is 3. The summed E-state index contributed by atoms with van der Waals surface area (Å²) in [6.45, 7) is 1.50. The lowest BCUT2D eigenvalue weighted by Crippen LogP contribution is -2.22. The number of anilines is 1. The topological polar surface area (TPSA) is 75.6 Å². The Morgan fingerprint density at radius 2 is 1.93 bits per heavy atom. The highest BCUT2D eigenvalue weighted by Crippen LogP contribution is 2.34. The molecule has 0 atom stereocenters. The Morgan fingerprint density at radius 3 is 2.64 bits per heavy atom. The minimum atomic E-state index is -1.15. The highest BCUT2D eigenvalue weighted by molar-refractivity contribution is 6.31. The average Bonchev–Trinajstić information content (AvgIpc) is 2.69. The van der Waals surface area contributed by atoms with E-state index in [9.17, 15) is 14.7 Å². The van der Waals surface area contributed by atoms with Crippen molar-refractivity contribution in [2.75, 3.05) is 11.9 Å². The lowest BCUT2D eigenvalue weighted by atomic mass is 9.84. The maximum absolute atomic E-state index is 12.3. The molecule has 3 rings (SSSR count). The van der Waals surface area contributed by atoms with Crippen molar-refractivity contribution in [3.8, 4) is 5.75 Å². The van der Waals surface area contributed by atoms with Gasteiger partial charge in [0.25, 0.3) is 5.91 Å². The molecule has 0 radical (unpaired) electrons. The Balaban J connectivity index is 1.64. The Morgan fingerprint density at radius 1 is 1.18 bits per heavy atom. The van der Waals surface area contributed by atoms with Crippen molar-refractivity contribution >= 4 is 29.2 Å². The minimum absolute atomic E-state index is 0.0438. The number of hydrogen-bond donors (Lipinski definition) is 2. The summed E-state index contributed by atoms with van der Waals surface area (Å²) < 4.78 is 5.65. The number of halogens is 1. The molecule has 148 valence electrons. The quantitative estimate of drug-likeness (QED) is 0.678. The fourth-order valence-corrected chi connectivity index (χ4v) is 3.97. The molecule has 0 aromatic heterocycles. The molecule has 1 fully saturated rings. The van der Waals surface area contributed by atoms with Crippen molar-refractivity contribution in [1.29, 1.82) is 0 Å². The molecule has 0 aliphatic heterocycles. The molecule has 1 amide bonds. The molecule has 2 aromatic carbocycles. The first-order valence-corrected chi connectivity index (χ1v) is 9.88. The third-order valence-electron chi connectivity index (χ3n) is 5.10. The zero-order valence-corrected chi connectivity index (χ0v) is 16.6. The highest BCUT2D eigenvalue weighted by atomic mass is 35.5. The van der Waals surface area contributed by atoms with E-state index in [-0.39, 0.29) is 17.9 Å². The van der Waals surface area contributed by atoms with Gasteiger partial charge >= 0.3 is 5.97 Å². The summed E-state index contributed by atoms with van der Waals surface area (Å²) in [5, 5.41) is 12.3. The van der Waals surface area contributed by atoms with Crippen LogP contribution in [0.1, 0.15) is 59.5 Å². The number of aryl methyl sites for hydroxylation is 1. The Bertz CT molecular complexity index is 875. The monoisotopic (exact) mass is 401 g/mol. The van der Waals surface area contributed by atoms with E-state index in [1.165, 1.54) is 43.7 Å². The lowest BCUT2D eigenvalue weighted by molar-refractivity contribution is -0.118. The average molecular weight is 402 g/mol. The Labute approximate surface area is 169 Å². The summed E-state index contributed by atoms with van der Waals surface area (Å²) in [6, 6.07) is 10.8. The van der Waals surface area contributed by atoms with E-state index in [4.69, 9.17) is 16.3 Å². The van der Waals surface area contributed by atoms with Gasteiger partial charge in [-0.1, -0.05) is 43.0 Å². The van der Waals surface area contributed by atoms with Gasteiger partial charge in [0.05, 0.1) is 11.3 Å². The summed E-state index contributed by atoms with van der Waals surface area (Å²) in [4.78, 5) is 23.8. The van der Waals surface area contributed by atoms with Crippen LogP contribution in [0.2, 0.25) is 5.02 Å². The molecule has 2 N–H and O–H groups in total. The molecular weight excluding hydrogens is 378 g/mol. The fourth-order valence-electron chi connectivity index (χ4n) is 3.70. The largest absolute Gasteiger partial charge is 0.484 e. The summed E-state index contributed by atoms with van der Waals surface area (Å²) in [5.41, 5.74) is 2.02. The summed E-state index contributed by atoms with van der Waals surface area (Å²) >= 11 is 5.92. The molecule has 0 bridgehead atoms. The minimum Gasteiger partial charge on any atom is -0.484 e.